The molecule has 0 unspecified atom stereocenters. The third-order valence-corrected chi connectivity index (χ3v) is 1.03. The van der Waals surface area contributed by atoms with Crippen molar-refractivity contribution in [2.24, 2.45) is 0 Å². The van der Waals surface area contributed by atoms with Crippen LogP contribution < -0.4 is 0 Å². The van der Waals surface area contributed by atoms with E-state index in [1.165, 1.54) is 10.9 Å². The monoisotopic (exact) mass is 145 g/mol. The first-order valence-corrected chi connectivity index (χ1v) is 2.88. The molecule has 0 aliphatic carbocycles. The molecule has 55 valence electrons. The van der Waals surface area contributed by atoms with Gasteiger partial charge in [0, 0.05) is 12.3 Å². The van der Waals surface area contributed by atoms with E-state index < -0.39 is 6.43 Å². The number of hydrogen-bond acceptors (Lipinski definition) is 1. The summed E-state index contributed by atoms with van der Waals surface area (Å²) >= 11 is 0. The van der Waals surface area contributed by atoms with Crippen molar-refractivity contribution in [1.29, 1.82) is 0 Å². The Morgan fingerprint density at radius 1 is 1.80 bits per heavy atom. The lowest BCUT2D eigenvalue weighted by Gasteiger charge is -1.97. The molecule has 0 aliphatic rings. The molecule has 0 amide bonds. The maximum absolute atomic E-state index is 11.7. The summed E-state index contributed by atoms with van der Waals surface area (Å²) in [5.41, 5.74) is 0.639. The van der Waals surface area contributed by atoms with Crippen LogP contribution in [-0.4, -0.2) is 16.2 Å². The SMILES string of the molecule is Cc1[c]cn(CC(F)F)n1. The molecule has 0 spiro atoms. The highest BCUT2D eigenvalue weighted by Crippen LogP contribution is 1.97. The summed E-state index contributed by atoms with van der Waals surface area (Å²) in [6.45, 7) is 1.37. The van der Waals surface area contributed by atoms with Gasteiger partial charge >= 0.3 is 0 Å². The van der Waals surface area contributed by atoms with Gasteiger partial charge < -0.3 is 0 Å². The van der Waals surface area contributed by atoms with Gasteiger partial charge in [0.05, 0.1) is 5.69 Å². The first-order chi connectivity index (χ1) is 4.68. The molecular formula is C6H7F2N2. The molecular weight excluding hydrogens is 138 g/mol. The topological polar surface area (TPSA) is 17.8 Å². The van der Waals surface area contributed by atoms with Crippen LogP contribution in [0.25, 0.3) is 0 Å². The number of aromatic nitrogens is 2. The van der Waals surface area contributed by atoms with Crippen molar-refractivity contribution in [3.05, 3.63) is 18.0 Å². The van der Waals surface area contributed by atoms with Gasteiger partial charge in [0.25, 0.3) is 6.43 Å². The van der Waals surface area contributed by atoms with E-state index in [0.29, 0.717) is 5.69 Å². The van der Waals surface area contributed by atoms with Crippen LogP contribution >= 0.6 is 0 Å². The summed E-state index contributed by atoms with van der Waals surface area (Å²) in [7, 11) is 0. The summed E-state index contributed by atoms with van der Waals surface area (Å²) in [4.78, 5) is 0. The molecule has 1 aromatic rings. The fraction of sp³-hybridized carbons (Fsp3) is 0.500. The number of rotatable bonds is 2. The predicted octanol–water partition coefficient (Wildman–Crippen LogP) is 1.26. The van der Waals surface area contributed by atoms with Gasteiger partial charge in [-0.25, -0.2) is 8.78 Å². The Morgan fingerprint density at radius 3 is 2.90 bits per heavy atom. The maximum Gasteiger partial charge on any atom is 0.257 e. The normalized spacial score (nSPS) is 10.8. The minimum atomic E-state index is -2.34. The van der Waals surface area contributed by atoms with E-state index in [0.717, 1.165) is 0 Å². The van der Waals surface area contributed by atoms with Crippen molar-refractivity contribution in [1.82, 2.24) is 9.78 Å². The van der Waals surface area contributed by atoms with Gasteiger partial charge in [-0.3, -0.25) is 4.68 Å². The van der Waals surface area contributed by atoms with Crippen molar-refractivity contribution >= 4 is 0 Å². The van der Waals surface area contributed by atoms with Crippen LogP contribution in [0.5, 0.6) is 0 Å². The van der Waals surface area contributed by atoms with Crippen LogP contribution in [-0.2, 0) is 6.54 Å². The smallest absolute Gasteiger partial charge is 0.257 e. The fourth-order valence-corrected chi connectivity index (χ4v) is 0.653. The summed E-state index contributed by atoms with van der Waals surface area (Å²) in [5.74, 6) is 0. The van der Waals surface area contributed by atoms with E-state index in [-0.39, 0.29) is 6.54 Å². The van der Waals surface area contributed by atoms with Gasteiger partial charge in [-0.1, -0.05) is 0 Å². The van der Waals surface area contributed by atoms with E-state index in [9.17, 15) is 8.78 Å². The minimum absolute atomic E-state index is 0.343. The lowest BCUT2D eigenvalue weighted by molar-refractivity contribution is 0.121. The van der Waals surface area contributed by atoms with Crippen molar-refractivity contribution in [2.75, 3.05) is 0 Å². The van der Waals surface area contributed by atoms with Crippen molar-refractivity contribution < 1.29 is 8.78 Å². The van der Waals surface area contributed by atoms with Crippen LogP contribution in [0.3, 0.4) is 0 Å². The standard InChI is InChI=1S/C6H7F2N2/c1-5-2-3-10(9-5)4-6(7)8/h3,6H,4H2,1H3. The molecule has 1 heterocycles. The second-order valence-electron chi connectivity index (χ2n) is 1.97. The average Bonchev–Trinajstić information content (AvgIpc) is 2.13. The molecule has 2 nitrogen and oxygen atoms in total. The molecule has 0 saturated carbocycles. The Morgan fingerprint density at radius 2 is 2.50 bits per heavy atom. The van der Waals surface area contributed by atoms with E-state index >= 15 is 0 Å². The first-order valence-electron chi connectivity index (χ1n) is 2.88. The lowest BCUT2D eigenvalue weighted by Crippen LogP contribution is -2.06. The first kappa shape index (κ1) is 7.18. The maximum atomic E-state index is 11.7. The van der Waals surface area contributed by atoms with Crippen molar-refractivity contribution in [2.45, 2.75) is 19.9 Å². The van der Waals surface area contributed by atoms with E-state index in [4.69, 9.17) is 0 Å². The van der Waals surface area contributed by atoms with Crippen molar-refractivity contribution in [3.63, 3.8) is 0 Å². The second kappa shape index (κ2) is 2.77. The van der Waals surface area contributed by atoms with Gasteiger partial charge in [-0.15, -0.1) is 0 Å². The van der Waals surface area contributed by atoms with Crippen molar-refractivity contribution in [3.8, 4) is 0 Å². The number of aryl methyl sites for hydroxylation is 1. The molecule has 1 aromatic heterocycles. The van der Waals surface area contributed by atoms with E-state index in [2.05, 4.69) is 11.2 Å². The summed E-state index contributed by atoms with van der Waals surface area (Å²) < 4.78 is 24.5. The Labute approximate surface area is 57.5 Å². The minimum Gasteiger partial charge on any atom is -0.266 e. The Bertz CT molecular complexity index is 207. The zero-order valence-corrected chi connectivity index (χ0v) is 5.51. The van der Waals surface area contributed by atoms with Crippen LogP contribution in [0.2, 0.25) is 0 Å². The fourth-order valence-electron chi connectivity index (χ4n) is 0.653. The molecule has 0 fully saturated rings. The highest BCUT2D eigenvalue weighted by atomic mass is 19.3. The Hall–Kier alpha value is -0.930. The van der Waals surface area contributed by atoms with Crippen LogP contribution in [0.1, 0.15) is 5.69 Å². The van der Waals surface area contributed by atoms with Crippen LogP contribution in [0, 0.1) is 13.0 Å². The predicted molar refractivity (Wildman–Crippen MR) is 31.8 cm³/mol. The average molecular weight is 145 g/mol. The highest BCUT2D eigenvalue weighted by Gasteiger charge is 2.03. The summed E-state index contributed by atoms with van der Waals surface area (Å²) in [6, 6.07) is 2.69. The third-order valence-electron chi connectivity index (χ3n) is 1.03. The largest absolute Gasteiger partial charge is 0.266 e. The van der Waals surface area contributed by atoms with Crippen LogP contribution in [0.15, 0.2) is 6.20 Å². The zero-order valence-electron chi connectivity index (χ0n) is 5.51. The molecule has 1 radical (unpaired) electrons. The van der Waals surface area contributed by atoms with Gasteiger partial charge in [-0.2, -0.15) is 5.10 Å². The Kier molecular flexibility index (Phi) is 1.99. The highest BCUT2D eigenvalue weighted by molar-refractivity contribution is 4.91. The van der Waals surface area contributed by atoms with Crippen LogP contribution in [0.4, 0.5) is 8.78 Å². The summed E-state index contributed by atoms with van der Waals surface area (Å²) in [6.07, 6.45) is -0.922. The quantitative estimate of drug-likeness (QED) is 0.612. The lowest BCUT2D eigenvalue weighted by atomic mass is 10.5. The number of nitrogens with zero attached hydrogens (tertiary/aromatic N) is 2. The molecule has 4 heteroatoms. The number of hydrogen-bond donors (Lipinski definition) is 0. The molecule has 10 heavy (non-hydrogen) atoms. The zero-order chi connectivity index (χ0) is 7.56. The van der Waals surface area contributed by atoms with Gasteiger partial charge in [-0.05, 0) is 6.92 Å². The van der Waals surface area contributed by atoms with Gasteiger partial charge in [0.2, 0.25) is 0 Å². The molecule has 0 saturated heterocycles. The molecule has 1 rings (SSSR count). The molecule has 0 bridgehead atoms. The van der Waals surface area contributed by atoms with E-state index in [1.807, 2.05) is 0 Å². The number of halogens is 2. The summed E-state index contributed by atoms with van der Waals surface area (Å²) in [5, 5.41) is 3.73. The molecule has 0 aliphatic heterocycles. The molecule has 0 atom stereocenters. The van der Waals surface area contributed by atoms with Gasteiger partial charge in [0.1, 0.15) is 6.54 Å². The van der Waals surface area contributed by atoms with Gasteiger partial charge in [0.15, 0.2) is 0 Å². The molecule has 0 aromatic carbocycles. The second-order valence-corrected chi connectivity index (χ2v) is 1.97. The van der Waals surface area contributed by atoms with E-state index in [1.54, 1.807) is 6.92 Å². The Balaban J connectivity index is 2.58. The number of alkyl halides is 2. The third kappa shape index (κ3) is 1.79. The molecule has 0 N–H and O–H groups in total.